The Bertz CT molecular complexity index is 433. The zero-order chi connectivity index (χ0) is 15.3. The van der Waals surface area contributed by atoms with E-state index in [0.29, 0.717) is 24.0 Å². The van der Waals surface area contributed by atoms with Gasteiger partial charge in [0.05, 0.1) is 12.8 Å². The summed E-state index contributed by atoms with van der Waals surface area (Å²) in [5.74, 6) is 1.58. The van der Waals surface area contributed by atoms with Crippen LogP contribution in [0.1, 0.15) is 58.1 Å². The third kappa shape index (κ3) is 4.60. The van der Waals surface area contributed by atoms with E-state index in [1.807, 2.05) is 0 Å². The first-order valence-corrected chi connectivity index (χ1v) is 8.02. The Morgan fingerprint density at radius 3 is 2.81 bits per heavy atom. The Morgan fingerprint density at radius 1 is 1.48 bits per heavy atom. The Balaban J connectivity index is 1.76. The molecule has 4 nitrogen and oxygen atoms in total. The molecule has 2 N–H and O–H groups in total. The van der Waals surface area contributed by atoms with Crippen LogP contribution in [0.4, 0.5) is 0 Å². The predicted molar refractivity (Wildman–Crippen MR) is 81.6 cm³/mol. The topological polar surface area (TPSA) is 62.5 Å². The minimum atomic E-state index is -1.16. The molecule has 0 aromatic carbocycles. The lowest BCUT2D eigenvalue weighted by Crippen LogP contribution is -2.39. The lowest BCUT2D eigenvalue weighted by Gasteiger charge is -2.28. The van der Waals surface area contributed by atoms with E-state index >= 15 is 0 Å². The first-order valence-electron chi connectivity index (χ1n) is 8.02. The number of nitrogens with one attached hydrogen (secondary N) is 1. The van der Waals surface area contributed by atoms with Crippen molar-refractivity contribution >= 4 is 5.91 Å². The van der Waals surface area contributed by atoms with Crippen molar-refractivity contribution in [3.05, 3.63) is 24.2 Å². The predicted octanol–water partition coefficient (Wildman–Crippen LogP) is 3.21. The highest BCUT2D eigenvalue weighted by atomic mass is 16.4. The Hall–Kier alpha value is -1.29. The Morgan fingerprint density at radius 2 is 2.19 bits per heavy atom. The van der Waals surface area contributed by atoms with Crippen molar-refractivity contribution in [2.75, 3.05) is 6.54 Å². The number of carbonyl (C=O) groups is 1. The number of hydrogen-bond donors (Lipinski definition) is 2. The molecule has 1 saturated carbocycles. The number of amides is 1. The number of rotatable bonds is 6. The SMILES string of the molecule is CC(CC(=O)NCC(C)(O)c1ccco1)C1CCCCC1. The van der Waals surface area contributed by atoms with Gasteiger partial charge >= 0.3 is 0 Å². The van der Waals surface area contributed by atoms with E-state index in [0.717, 1.165) is 0 Å². The molecule has 2 atom stereocenters. The fourth-order valence-corrected chi connectivity index (χ4v) is 3.18. The van der Waals surface area contributed by atoms with E-state index in [1.54, 1.807) is 19.1 Å². The summed E-state index contributed by atoms with van der Waals surface area (Å²) >= 11 is 0. The van der Waals surface area contributed by atoms with Crippen molar-refractivity contribution in [2.45, 2.75) is 58.0 Å². The quantitative estimate of drug-likeness (QED) is 0.846. The van der Waals surface area contributed by atoms with Crippen LogP contribution in [0, 0.1) is 11.8 Å². The molecule has 0 aliphatic heterocycles. The molecule has 21 heavy (non-hydrogen) atoms. The van der Waals surface area contributed by atoms with E-state index < -0.39 is 5.60 Å². The van der Waals surface area contributed by atoms with Crippen molar-refractivity contribution < 1.29 is 14.3 Å². The molecule has 0 spiro atoms. The molecule has 1 aromatic rings. The van der Waals surface area contributed by atoms with Gasteiger partial charge in [0.15, 0.2) is 0 Å². The first kappa shape index (κ1) is 16.1. The van der Waals surface area contributed by atoms with Gasteiger partial charge in [0.25, 0.3) is 0 Å². The zero-order valence-electron chi connectivity index (χ0n) is 13.1. The summed E-state index contributed by atoms with van der Waals surface area (Å²) in [6.45, 7) is 3.99. The summed E-state index contributed by atoms with van der Waals surface area (Å²) in [6.07, 6.45) is 8.49. The molecule has 0 bridgehead atoms. The number of carbonyl (C=O) groups excluding carboxylic acids is 1. The van der Waals surface area contributed by atoms with Crippen LogP contribution in [-0.2, 0) is 10.4 Å². The van der Waals surface area contributed by atoms with Crippen molar-refractivity contribution in [2.24, 2.45) is 11.8 Å². The molecule has 2 rings (SSSR count). The van der Waals surface area contributed by atoms with Crippen LogP contribution in [-0.4, -0.2) is 17.6 Å². The van der Waals surface area contributed by atoms with E-state index in [-0.39, 0.29) is 12.5 Å². The standard InChI is InChI=1S/C17H27NO3/c1-13(14-7-4-3-5-8-14)11-16(19)18-12-17(2,20)15-9-6-10-21-15/h6,9-10,13-14,20H,3-5,7-8,11-12H2,1-2H3,(H,18,19). The summed E-state index contributed by atoms with van der Waals surface area (Å²) in [6, 6.07) is 3.45. The second-order valence-electron chi connectivity index (χ2n) is 6.61. The Kier molecular flexibility index (Phi) is 5.45. The van der Waals surface area contributed by atoms with Crippen LogP contribution in [0.15, 0.2) is 22.8 Å². The second-order valence-corrected chi connectivity index (χ2v) is 6.61. The minimum absolute atomic E-state index is 0.0138. The van der Waals surface area contributed by atoms with E-state index in [1.165, 1.54) is 38.4 Å². The minimum Gasteiger partial charge on any atom is -0.466 e. The molecule has 1 aliphatic rings. The maximum atomic E-state index is 12.1. The van der Waals surface area contributed by atoms with Gasteiger partial charge in [-0.1, -0.05) is 39.0 Å². The molecule has 0 radical (unpaired) electrons. The van der Waals surface area contributed by atoms with Crippen LogP contribution < -0.4 is 5.32 Å². The van der Waals surface area contributed by atoms with E-state index in [2.05, 4.69) is 12.2 Å². The van der Waals surface area contributed by atoms with Gasteiger partial charge in [-0.2, -0.15) is 0 Å². The average Bonchev–Trinajstić information content (AvgIpc) is 3.01. The third-order valence-electron chi connectivity index (χ3n) is 4.64. The molecule has 118 valence electrons. The summed E-state index contributed by atoms with van der Waals surface area (Å²) in [5, 5.41) is 13.1. The second kappa shape index (κ2) is 7.12. The molecule has 1 heterocycles. The van der Waals surface area contributed by atoms with Gasteiger partial charge in [-0.3, -0.25) is 4.79 Å². The fraction of sp³-hybridized carbons (Fsp3) is 0.706. The Labute approximate surface area is 126 Å². The zero-order valence-corrected chi connectivity index (χ0v) is 13.1. The third-order valence-corrected chi connectivity index (χ3v) is 4.64. The van der Waals surface area contributed by atoms with E-state index in [9.17, 15) is 9.90 Å². The molecular formula is C17H27NO3. The summed E-state index contributed by atoms with van der Waals surface area (Å²) in [4.78, 5) is 12.1. The van der Waals surface area contributed by atoms with Crippen molar-refractivity contribution in [1.29, 1.82) is 0 Å². The summed E-state index contributed by atoms with van der Waals surface area (Å²) in [5.41, 5.74) is -1.16. The van der Waals surface area contributed by atoms with Gasteiger partial charge < -0.3 is 14.8 Å². The normalized spacial score (nSPS) is 20.7. The lowest BCUT2D eigenvalue weighted by molar-refractivity contribution is -0.123. The van der Waals surface area contributed by atoms with Crippen molar-refractivity contribution in [3.8, 4) is 0 Å². The van der Waals surface area contributed by atoms with Crippen molar-refractivity contribution in [3.63, 3.8) is 0 Å². The van der Waals surface area contributed by atoms with Crippen LogP contribution >= 0.6 is 0 Å². The monoisotopic (exact) mass is 293 g/mol. The van der Waals surface area contributed by atoms with Gasteiger partial charge in [-0.25, -0.2) is 0 Å². The number of furan rings is 1. The number of aliphatic hydroxyl groups is 1. The maximum Gasteiger partial charge on any atom is 0.220 e. The van der Waals surface area contributed by atoms with Crippen LogP contribution in [0.25, 0.3) is 0 Å². The molecule has 2 unspecified atom stereocenters. The molecule has 4 heteroatoms. The van der Waals surface area contributed by atoms with Gasteiger partial charge in [-0.05, 0) is 30.9 Å². The highest BCUT2D eigenvalue weighted by Crippen LogP contribution is 2.31. The van der Waals surface area contributed by atoms with Crippen LogP contribution in [0.3, 0.4) is 0 Å². The smallest absolute Gasteiger partial charge is 0.220 e. The average molecular weight is 293 g/mol. The first-order chi connectivity index (χ1) is 9.99. The van der Waals surface area contributed by atoms with Gasteiger partial charge in [-0.15, -0.1) is 0 Å². The van der Waals surface area contributed by atoms with Crippen molar-refractivity contribution in [1.82, 2.24) is 5.32 Å². The fourth-order valence-electron chi connectivity index (χ4n) is 3.18. The molecule has 1 amide bonds. The molecule has 0 saturated heterocycles. The molecule has 1 fully saturated rings. The molecule has 1 aliphatic carbocycles. The molecule has 1 aromatic heterocycles. The van der Waals surface area contributed by atoms with Crippen LogP contribution in [0.2, 0.25) is 0 Å². The van der Waals surface area contributed by atoms with E-state index in [4.69, 9.17) is 4.42 Å². The van der Waals surface area contributed by atoms with Gasteiger partial charge in [0, 0.05) is 6.42 Å². The maximum absolute atomic E-state index is 12.1. The largest absolute Gasteiger partial charge is 0.466 e. The number of hydrogen-bond acceptors (Lipinski definition) is 3. The highest BCUT2D eigenvalue weighted by molar-refractivity contribution is 5.76. The van der Waals surface area contributed by atoms with Gasteiger partial charge in [0.2, 0.25) is 5.91 Å². The summed E-state index contributed by atoms with van der Waals surface area (Å²) < 4.78 is 5.21. The summed E-state index contributed by atoms with van der Waals surface area (Å²) in [7, 11) is 0. The van der Waals surface area contributed by atoms with Gasteiger partial charge in [0.1, 0.15) is 11.4 Å². The van der Waals surface area contributed by atoms with Crippen LogP contribution in [0.5, 0.6) is 0 Å². The highest BCUT2D eigenvalue weighted by Gasteiger charge is 2.28. The lowest BCUT2D eigenvalue weighted by atomic mass is 9.79. The molecular weight excluding hydrogens is 266 g/mol.